The molecular weight excluding hydrogens is 1200 g/mol. The van der Waals surface area contributed by atoms with E-state index in [2.05, 4.69) is 165 Å². The van der Waals surface area contributed by atoms with E-state index in [1.807, 2.05) is 97.2 Å². The Labute approximate surface area is 506 Å². The number of furan rings is 1. The third kappa shape index (κ3) is 8.56. The zero-order valence-corrected chi connectivity index (χ0v) is 48.8. The van der Waals surface area contributed by atoms with Gasteiger partial charge in [0.1, 0.15) is 17.0 Å². The quantitative estimate of drug-likeness (QED) is 0.123. The molecule has 1 aliphatic heterocycles. The minimum atomic E-state index is -2.67. The van der Waals surface area contributed by atoms with Crippen molar-refractivity contribution in [2.45, 2.75) is 66.1 Å². The summed E-state index contributed by atoms with van der Waals surface area (Å²) in [5, 5.41) is 3.92. The van der Waals surface area contributed by atoms with E-state index in [9.17, 15) is 0 Å². The first-order valence-electron chi connectivity index (χ1n) is 30.8. The maximum Gasteiger partial charge on any atom is 0.268 e. The summed E-state index contributed by atoms with van der Waals surface area (Å²) in [6.07, 6.45) is 5.82. The Morgan fingerprint density at radius 2 is 1.16 bits per heavy atom. The second kappa shape index (κ2) is 19.5. The van der Waals surface area contributed by atoms with Crippen LogP contribution in [-0.2, 0) is 31.9 Å². The van der Waals surface area contributed by atoms with Gasteiger partial charge >= 0.3 is 0 Å². The predicted molar refractivity (Wildman–Crippen MR) is 335 cm³/mol. The fourth-order valence-corrected chi connectivity index (χ4v) is 12.2. The van der Waals surface area contributed by atoms with Gasteiger partial charge in [0, 0.05) is 63.3 Å². The number of hydrogen-bond donors (Lipinski definition) is 0. The van der Waals surface area contributed by atoms with Gasteiger partial charge in [-0.05, 0) is 168 Å². The Hall–Kier alpha value is -9.09. The molecule has 0 N–H and O–H groups in total. The average molecular weight is 1260 g/mol. The average Bonchev–Trinajstić information content (AvgIpc) is 1.67. The maximum atomic E-state index is 8.92. The van der Waals surface area contributed by atoms with Crippen molar-refractivity contribution in [1.29, 1.82) is 0 Å². The van der Waals surface area contributed by atoms with Crippen LogP contribution in [0.5, 0.6) is 11.5 Å². The van der Waals surface area contributed by atoms with E-state index in [0.717, 1.165) is 105 Å². The smallest absolute Gasteiger partial charge is 0.268 e. The summed E-state index contributed by atoms with van der Waals surface area (Å²) in [5.74, 6) is 1.75. The Morgan fingerprint density at radius 3 is 1.90 bits per heavy atom. The molecule has 15 rings (SSSR count). The zero-order chi connectivity index (χ0) is 60.8. The number of aromatic nitrogens is 4. The van der Waals surface area contributed by atoms with Gasteiger partial charge in [0.2, 0.25) is 0 Å². The summed E-state index contributed by atoms with van der Waals surface area (Å²) in [5.41, 5.74) is 15.6. The number of ether oxygens (including phenoxy) is 1. The van der Waals surface area contributed by atoms with Gasteiger partial charge in [-0.2, -0.15) is 18.2 Å². The number of benzene rings is 10. The van der Waals surface area contributed by atoms with Crippen molar-refractivity contribution in [3.05, 3.63) is 247 Å². The third-order valence-electron chi connectivity index (χ3n) is 16.3. The molecule has 0 saturated carbocycles. The van der Waals surface area contributed by atoms with Gasteiger partial charge in [-0.1, -0.05) is 162 Å². The van der Waals surface area contributed by atoms with Gasteiger partial charge in [-0.15, -0.1) is 29.7 Å². The number of fused-ring (bicyclic) bond motifs is 13. The zero-order valence-electron chi connectivity index (χ0n) is 52.6. The summed E-state index contributed by atoms with van der Waals surface area (Å²) in [6.45, 7) is 7.94. The number of imidazole rings is 1. The van der Waals surface area contributed by atoms with Gasteiger partial charge in [-0.3, -0.25) is 4.57 Å². The molecule has 0 atom stereocenters. The van der Waals surface area contributed by atoms with Crippen molar-refractivity contribution in [2.24, 2.45) is 0 Å². The first-order chi connectivity index (χ1) is 42.2. The Morgan fingerprint density at radius 1 is 0.506 bits per heavy atom. The van der Waals surface area contributed by atoms with Crippen LogP contribution in [0.1, 0.15) is 72.0 Å². The molecule has 0 bridgehead atoms. The molecular formula is C76H58N4O2Pt-2. The van der Waals surface area contributed by atoms with Gasteiger partial charge in [-0.25, -0.2) is 4.98 Å². The SMILES string of the molecule is [2H]C([2H])([2H])c1cccc(C([2H])([2H])[2H])c1-c1cc(-c2ccc3oc4ccccc4c3c2)c2c(c1)-c1ccccc1-c1ccccc1-c1cc(C(C)(C)C)cc3c1[n+]-2[c-]n3-c1[c-]c(Oc2[c-]c3c(cc2)c2ccccc2n3-c2cc(C(C)(C)C)ccn2)ccc1.[Pt]. The predicted octanol–water partition coefficient (Wildman–Crippen LogP) is 19.3. The molecule has 10 aromatic carbocycles. The Bertz CT molecular complexity index is 5180. The van der Waals surface area contributed by atoms with E-state index >= 15 is 0 Å². The van der Waals surface area contributed by atoms with Crippen LogP contribution in [0.2, 0.25) is 0 Å². The standard InChI is InChI=1S/C76H58N4O2.Pt/c1-46-19-17-20-47(2)72(46)49-38-62(48-31-34-70-63(37-48)61-28-14-16-30-69(61)82-70)73-64(39-49)57-25-11-9-23-55(57)56-24-10-12-26-58(56)65-40-51(76(6,7)8)41-68-74(65)79(73)45-78(68)52-21-18-22-53(43-52)81-54-32-33-60-59-27-13-15-29-66(59)80(67(60)44-54)71-42-50(35-36-77-71)75(3,4)5;/h9-42H,1-8H3;/q-2;/i1D3,2D3;. The van der Waals surface area contributed by atoms with Crippen molar-refractivity contribution in [1.82, 2.24) is 14.1 Å². The van der Waals surface area contributed by atoms with E-state index in [4.69, 9.17) is 22.4 Å². The molecule has 83 heavy (non-hydrogen) atoms. The Balaban J connectivity index is 0.00000694. The van der Waals surface area contributed by atoms with Crippen molar-refractivity contribution in [3.8, 4) is 84.3 Å². The van der Waals surface area contributed by atoms with Gasteiger partial charge in [0.15, 0.2) is 0 Å². The monoisotopic (exact) mass is 1260 g/mol. The minimum absolute atomic E-state index is 0. The first-order valence-corrected chi connectivity index (χ1v) is 27.8. The third-order valence-corrected chi connectivity index (χ3v) is 16.3. The topological polar surface area (TPSA) is 49.0 Å². The van der Waals surface area contributed by atoms with Crippen LogP contribution in [0, 0.1) is 32.2 Å². The molecule has 0 amide bonds. The van der Waals surface area contributed by atoms with Crippen molar-refractivity contribution in [2.75, 3.05) is 0 Å². The molecule has 0 unspecified atom stereocenters. The maximum absolute atomic E-state index is 8.92. The number of para-hydroxylation sites is 2. The molecule has 6 nitrogen and oxygen atoms in total. The largest absolute Gasteiger partial charge is 0.510 e. The number of rotatable bonds is 6. The van der Waals surface area contributed by atoms with Gasteiger partial charge < -0.3 is 18.3 Å². The molecule has 406 valence electrons. The van der Waals surface area contributed by atoms with Crippen LogP contribution in [-0.4, -0.2) is 14.1 Å². The van der Waals surface area contributed by atoms with Crippen molar-refractivity contribution < 1.29 is 43.0 Å². The molecule has 7 heteroatoms. The van der Waals surface area contributed by atoms with Gasteiger partial charge in [0.25, 0.3) is 6.33 Å². The van der Waals surface area contributed by atoms with Crippen LogP contribution in [0.25, 0.3) is 128 Å². The summed E-state index contributed by atoms with van der Waals surface area (Å²) < 4.78 is 73.2. The van der Waals surface area contributed by atoms with Crippen molar-refractivity contribution >= 4 is 54.8 Å². The van der Waals surface area contributed by atoms with E-state index < -0.39 is 13.7 Å². The second-order valence-corrected chi connectivity index (χ2v) is 23.6. The first kappa shape index (κ1) is 45.5. The minimum Gasteiger partial charge on any atom is -0.510 e. The molecule has 0 spiro atoms. The number of nitrogens with zero attached hydrogens (tertiary/aromatic N) is 4. The number of aryl methyl sites for hydroxylation is 2. The summed E-state index contributed by atoms with van der Waals surface area (Å²) >= 11 is 0. The molecule has 1 aliphatic rings. The molecule has 5 heterocycles. The van der Waals surface area contributed by atoms with E-state index in [1.165, 1.54) is 23.8 Å². The van der Waals surface area contributed by atoms with Crippen LogP contribution in [0.3, 0.4) is 0 Å². The van der Waals surface area contributed by atoms with E-state index in [-0.39, 0.29) is 48.6 Å². The molecule has 0 aliphatic carbocycles. The van der Waals surface area contributed by atoms with E-state index in [1.54, 1.807) is 0 Å². The van der Waals surface area contributed by atoms with Gasteiger partial charge in [0.05, 0.1) is 16.7 Å². The molecule has 0 saturated heterocycles. The Kier molecular flexibility index (Phi) is 10.7. The summed E-state index contributed by atoms with van der Waals surface area (Å²) in [7, 11) is 0. The van der Waals surface area contributed by atoms with Crippen LogP contribution >= 0.6 is 0 Å². The fraction of sp³-hybridized carbons (Fsp3) is 0.132. The van der Waals surface area contributed by atoms with Crippen molar-refractivity contribution in [3.63, 3.8) is 0 Å². The van der Waals surface area contributed by atoms with E-state index in [0.29, 0.717) is 33.9 Å². The fourth-order valence-electron chi connectivity index (χ4n) is 12.2. The molecule has 14 aromatic rings. The number of hydrogen-bond acceptors (Lipinski definition) is 3. The van der Waals surface area contributed by atoms with Crippen LogP contribution in [0.4, 0.5) is 0 Å². The van der Waals surface area contributed by atoms with Crippen LogP contribution in [0.15, 0.2) is 211 Å². The summed E-state index contributed by atoms with van der Waals surface area (Å²) in [4.78, 5) is 4.90. The van der Waals surface area contributed by atoms with Crippen LogP contribution < -0.4 is 9.30 Å². The number of pyridine rings is 1. The molecule has 0 radical (unpaired) electrons. The summed E-state index contributed by atoms with van der Waals surface area (Å²) in [6, 6.07) is 73.7. The second-order valence-electron chi connectivity index (χ2n) is 23.6. The molecule has 4 aromatic heterocycles. The normalized spacial score (nSPS) is 13.6. The molecule has 0 fully saturated rings.